The number of anilines is 1. The highest BCUT2D eigenvalue weighted by Crippen LogP contribution is 2.35. The van der Waals surface area contributed by atoms with Gasteiger partial charge < -0.3 is 19.8 Å². The molecular formula is C25H36N2O3. The van der Waals surface area contributed by atoms with E-state index in [2.05, 4.69) is 13.5 Å². The topological polar surface area (TPSA) is 66.5 Å². The zero-order valence-corrected chi connectivity index (χ0v) is 18.7. The molecule has 0 amide bonds. The summed E-state index contributed by atoms with van der Waals surface area (Å²) in [6.07, 6.45) is 11.2. The van der Waals surface area contributed by atoms with Crippen LogP contribution in [0, 0.1) is 0 Å². The number of ether oxygens (including phenoxy) is 2. The van der Waals surface area contributed by atoms with Gasteiger partial charge in [-0.2, -0.15) is 0 Å². The van der Waals surface area contributed by atoms with Gasteiger partial charge in [0.25, 0.3) is 5.56 Å². The second-order valence-electron chi connectivity index (χ2n) is 7.47. The van der Waals surface area contributed by atoms with Crippen molar-refractivity contribution in [2.75, 3.05) is 12.3 Å². The molecule has 5 heteroatoms. The van der Waals surface area contributed by atoms with Crippen molar-refractivity contribution in [3.05, 3.63) is 53.0 Å². The van der Waals surface area contributed by atoms with Crippen molar-refractivity contribution in [2.45, 2.75) is 72.3 Å². The Morgan fingerprint density at radius 2 is 1.87 bits per heavy atom. The van der Waals surface area contributed by atoms with E-state index in [-0.39, 0.29) is 17.9 Å². The molecular weight excluding hydrogens is 376 g/mol. The number of unbranched alkanes of at least 4 members (excludes halogenated alkanes) is 5. The third-order valence-corrected chi connectivity index (χ3v) is 5.19. The number of nitrogens with zero attached hydrogens (tertiary/aromatic N) is 1. The minimum absolute atomic E-state index is 0.190. The van der Waals surface area contributed by atoms with E-state index in [4.69, 9.17) is 15.2 Å². The molecule has 1 aromatic heterocycles. The quantitative estimate of drug-likeness (QED) is 0.184. The number of hydrogen-bond donors (Lipinski definition) is 1. The van der Waals surface area contributed by atoms with Crippen LogP contribution in [0.15, 0.2) is 47.5 Å². The summed E-state index contributed by atoms with van der Waals surface area (Å²) < 4.78 is 13.7. The van der Waals surface area contributed by atoms with Crippen molar-refractivity contribution in [1.82, 2.24) is 4.57 Å². The average Bonchev–Trinajstić information content (AvgIpc) is 2.75. The molecule has 2 rings (SSSR count). The summed E-state index contributed by atoms with van der Waals surface area (Å²) in [5.74, 6) is 1.46. The van der Waals surface area contributed by atoms with Crippen LogP contribution in [-0.4, -0.2) is 11.2 Å². The van der Waals surface area contributed by atoms with E-state index in [1.807, 2.05) is 38.1 Å². The molecule has 0 fully saturated rings. The molecule has 0 spiro atoms. The number of aryl methyl sites for hydroxylation is 1. The van der Waals surface area contributed by atoms with Crippen LogP contribution in [0.3, 0.4) is 0 Å². The van der Waals surface area contributed by atoms with Crippen molar-refractivity contribution < 1.29 is 9.47 Å². The molecule has 5 nitrogen and oxygen atoms in total. The molecule has 2 N–H and O–H groups in total. The van der Waals surface area contributed by atoms with Crippen molar-refractivity contribution >= 4 is 16.6 Å². The Morgan fingerprint density at radius 3 is 2.53 bits per heavy atom. The van der Waals surface area contributed by atoms with E-state index in [9.17, 15) is 4.79 Å². The Hall–Kier alpha value is -2.69. The van der Waals surface area contributed by atoms with Crippen molar-refractivity contribution in [1.29, 1.82) is 0 Å². The Labute approximate surface area is 180 Å². The van der Waals surface area contributed by atoms with Crippen LogP contribution in [0.4, 0.5) is 5.69 Å². The number of fused-ring (bicyclic) bond motifs is 1. The van der Waals surface area contributed by atoms with Gasteiger partial charge in [-0.15, -0.1) is 0 Å². The molecule has 0 saturated carbocycles. The third-order valence-electron chi connectivity index (χ3n) is 5.19. The van der Waals surface area contributed by atoms with E-state index in [1.54, 1.807) is 10.6 Å². The maximum atomic E-state index is 13.4. The van der Waals surface area contributed by atoms with Gasteiger partial charge in [-0.25, -0.2) is 0 Å². The molecule has 1 aromatic carbocycles. The van der Waals surface area contributed by atoms with Crippen LogP contribution in [0.1, 0.15) is 65.7 Å². The maximum Gasteiger partial charge on any atom is 0.297 e. The minimum atomic E-state index is -0.190. The van der Waals surface area contributed by atoms with E-state index in [0.717, 1.165) is 29.5 Å². The zero-order chi connectivity index (χ0) is 21.9. The van der Waals surface area contributed by atoms with Gasteiger partial charge in [-0.05, 0) is 37.6 Å². The smallest absolute Gasteiger partial charge is 0.297 e. The molecule has 164 valence electrons. The SMILES string of the molecule is C=CCOc1c(OC(=CC)CC)c2ccc(N)cc2n(CCCCCCCC)c1=O. The first-order chi connectivity index (χ1) is 14.6. The molecule has 0 radical (unpaired) electrons. The van der Waals surface area contributed by atoms with Gasteiger partial charge in [0, 0.05) is 24.0 Å². The fourth-order valence-corrected chi connectivity index (χ4v) is 3.52. The number of benzene rings is 1. The summed E-state index contributed by atoms with van der Waals surface area (Å²) in [4.78, 5) is 13.4. The average molecular weight is 413 g/mol. The van der Waals surface area contributed by atoms with Crippen molar-refractivity contribution in [3.8, 4) is 11.5 Å². The predicted octanol–water partition coefficient (Wildman–Crippen LogP) is 6.20. The highest BCUT2D eigenvalue weighted by atomic mass is 16.5. The summed E-state index contributed by atoms with van der Waals surface area (Å²) in [7, 11) is 0. The highest BCUT2D eigenvalue weighted by Gasteiger charge is 2.20. The predicted molar refractivity (Wildman–Crippen MR) is 126 cm³/mol. The summed E-state index contributed by atoms with van der Waals surface area (Å²) in [5.41, 5.74) is 7.27. The number of allylic oxidation sites excluding steroid dienone is 2. The number of nitrogen functional groups attached to an aromatic ring is 1. The number of nitrogens with two attached hydrogens (primary N) is 1. The molecule has 0 saturated heterocycles. The first-order valence-electron chi connectivity index (χ1n) is 11.1. The van der Waals surface area contributed by atoms with Gasteiger partial charge in [0.1, 0.15) is 6.61 Å². The molecule has 0 atom stereocenters. The molecule has 1 heterocycles. The number of rotatable bonds is 13. The van der Waals surface area contributed by atoms with Gasteiger partial charge >= 0.3 is 0 Å². The van der Waals surface area contributed by atoms with Crippen LogP contribution < -0.4 is 20.8 Å². The molecule has 0 aliphatic rings. The van der Waals surface area contributed by atoms with Gasteiger partial charge in [0.05, 0.1) is 11.3 Å². The molecule has 30 heavy (non-hydrogen) atoms. The van der Waals surface area contributed by atoms with Gasteiger partial charge in [0.2, 0.25) is 5.75 Å². The normalized spacial score (nSPS) is 11.6. The van der Waals surface area contributed by atoms with E-state index in [0.29, 0.717) is 24.4 Å². The van der Waals surface area contributed by atoms with Crippen LogP contribution in [0.2, 0.25) is 0 Å². The van der Waals surface area contributed by atoms with E-state index in [1.165, 1.54) is 25.7 Å². The van der Waals surface area contributed by atoms with Gasteiger partial charge in [-0.1, -0.05) is 58.6 Å². The lowest BCUT2D eigenvalue weighted by Gasteiger charge is -2.19. The zero-order valence-electron chi connectivity index (χ0n) is 18.7. The van der Waals surface area contributed by atoms with Crippen LogP contribution >= 0.6 is 0 Å². The number of pyridine rings is 1. The lowest BCUT2D eigenvalue weighted by Crippen LogP contribution is -2.24. The van der Waals surface area contributed by atoms with E-state index >= 15 is 0 Å². The molecule has 2 aromatic rings. The second kappa shape index (κ2) is 12.1. The molecule has 0 aliphatic carbocycles. The summed E-state index contributed by atoms with van der Waals surface area (Å²) in [6.45, 7) is 10.7. The largest absolute Gasteiger partial charge is 0.481 e. The Kier molecular flexibility index (Phi) is 9.52. The van der Waals surface area contributed by atoms with Gasteiger partial charge in [0.15, 0.2) is 5.75 Å². The summed E-state index contributed by atoms with van der Waals surface area (Å²) >= 11 is 0. The van der Waals surface area contributed by atoms with Crippen molar-refractivity contribution in [3.63, 3.8) is 0 Å². The van der Waals surface area contributed by atoms with E-state index < -0.39 is 0 Å². The van der Waals surface area contributed by atoms with Crippen LogP contribution in [-0.2, 0) is 6.54 Å². The van der Waals surface area contributed by atoms with Crippen LogP contribution in [0.5, 0.6) is 11.5 Å². The fraction of sp³-hybridized carbons (Fsp3) is 0.480. The first kappa shape index (κ1) is 23.6. The summed E-state index contributed by atoms with van der Waals surface area (Å²) in [6, 6.07) is 5.58. The molecule has 0 bridgehead atoms. The summed E-state index contributed by atoms with van der Waals surface area (Å²) in [5, 5.41) is 0.821. The fourth-order valence-electron chi connectivity index (χ4n) is 3.52. The van der Waals surface area contributed by atoms with Gasteiger partial charge in [-0.3, -0.25) is 4.79 Å². The number of aromatic nitrogens is 1. The standard InChI is InChI=1S/C25H36N2O3/c1-5-9-10-11-12-13-16-27-22-18-19(26)14-15-21(22)23(30-20(7-3)8-4)24(25(27)28)29-17-6-2/h6-7,14-15,18H,2,5,8-13,16-17,26H2,1,3-4H3. The first-order valence-corrected chi connectivity index (χ1v) is 11.1. The molecule has 0 unspecified atom stereocenters. The number of hydrogen-bond acceptors (Lipinski definition) is 4. The minimum Gasteiger partial charge on any atom is -0.481 e. The Morgan fingerprint density at radius 1 is 1.13 bits per heavy atom. The second-order valence-corrected chi connectivity index (χ2v) is 7.47. The Bertz CT molecular complexity index is 928. The highest BCUT2D eigenvalue weighted by molar-refractivity contribution is 5.90. The monoisotopic (exact) mass is 412 g/mol. The maximum absolute atomic E-state index is 13.4. The Balaban J connectivity index is 2.52. The third kappa shape index (κ3) is 5.91. The lowest BCUT2D eigenvalue weighted by atomic mass is 10.1. The van der Waals surface area contributed by atoms with Crippen LogP contribution in [0.25, 0.3) is 10.9 Å². The van der Waals surface area contributed by atoms with Crippen molar-refractivity contribution in [2.24, 2.45) is 0 Å². The lowest BCUT2D eigenvalue weighted by molar-refractivity contribution is 0.321. The molecule has 0 aliphatic heterocycles.